The molecule has 2 N–H and O–H groups in total. The summed E-state index contributed by atoms with van der Waals surface area (Å²) in [5.74, 6) is 0.0859. The first-order chi connectivity index (χ1) is 16.1. The Morgan fingerprint density at radius 3 is 2.45 bits per heavy atom. The third-order valence-corrected chi connectivity index (χ3v) is 7.16. The maximum atomic E-state index is 13.8. The lowest BCUT2D eigenvalue weighted by molar-refractivity contribution is -0.117. The molecule has 0 amide bonds. The fraction of sp³-hybridized carbons (Fsp3) is 0.308. The summed E-state index contributed by atoms with van der Waals surface area (Å²) >= 11 is 3.54. The molecule has 2 heterocycles. The zero-order chi connectivity index (χ0) is 22.9. The molecule has 0 unspecified atom stereocenters. The normalized spacial score (nSPS) is 24.0. The monoisotopic (exact) mass is 504 g/mol. The van der Waals surface area contributed by atoms with E-state index in [0.29, 0.717) is 56.1 Å². The van der Waals surface area contributed by atoms with E-state index >= 15 is 0 Å². The largest absolute Gasteiger partial charge is 0.383 e. The molecular formula is C26H25BrN4O2. The van der Waals surface area contributed by atoms with Crippen LogP contribution in [0.15, 0.2) is 81.7 Å². The van der Waals surface area contributed by atoms with Crippen LogP contribution in [0.4, 0.5) is 0 Å². The molecule has 0 saturated carbocycles. The summed E-state index contributed by atoms with van der Waals surface area (Å²) in [7, 11) is 0. The number of nitrogens with two attached hydrogens (primary N) is 1. The second-order valence-corrected chi connectivity index (χ2v) is 9.49. The van der Waals surface area contributed by atoms with Gasteiger partial charge in [0.2, 0.25) is 0 Å². The molecule has 5 rings (SSSR count). The van der Waals surface area contributed by atoms with E-state index in [1.165, 1.54) is 0 Å². The summed E-state index contributed by atoms with van der Waals surface area (Å²) in [5, 5.41) is 14.2. The van der Waals surface area contributed by atoms with Gasteiger partial charge in [-0.3, -0.25) is 9.80 Å². The Morgan fingerprint density at radius 2 is 1.76 bits per heavy atom. The number of nitrogens with zero attached hydrogens (tertiary/aromatic N) is 3. The molecular weight excluding hydrogens is 480 g/mol. The van der Waals surface area contributed by atoms with E-state index in [-0.39, 0.29) is 11.7 Å². The zero-order valence-electron chi connectivity index (χ0n) is 18.2. The quantitative estimate of drug-likeness (QED) is 0.674. The fourth-order valence-electron chi connectivity index (χ4n) is 5.17. The summed E-state index contributed by atoms with van der Waals surface area (Å²) in [5.41, 5.74) is 10.8. The van der Waals surface area contributed by atoms with Crippen LogP contribution < -0.4 is 5.73 Å². The van der Waals surface area contributed by atoms with Gasteiger partial charge in [0, 0.05) is 35.3 Å². The highest BCUT2D eigenvalue weighted by Crippen LogP contribution is 2.48. The van der Waals surface area contributed by atoms with Gasteiger partial charge in [-0.1, -0.05) is 58.4 Å². The first-order valence-corrected chi connectivity index (χ1v) is 12.0. The van der Waals surface area contributed by atoms with Crippen molar-refractivity contribution in [3.05, 3.63) is 92.9 Å². The number of hydrogen-bond donors (Lipinski definition) is 1. The van der Waals surface area contributed by atoms with Gasteiger partial charge in [0.1, 0.15) is 5.82 Å². The van der Waals surface area contributed by atoms with Crippen LogP contribution in [0.1, 0.15) is 35.8 Å². The molecule has 7 heteroatoms. The molecule has 2 aromatic carbocycles. The molecule has 6 nitrogen and oxygen atoms in total. The van der Waals surface area contributed by atoms with E-state index in [2.05, 4.69) is 39.1 Å². The van der Waals surface area contributed by atoms with Crippen molar-refractivity contribution in [1.82, 2.24) is 10.0 Å². The number of Topliss-reactive ketones (excluding diaryl/α,β-unsaturated/α-hetero) is 1. The molecule has 1 aliphatic carbocycles. The third kappa shape index (κ3) is 3.99. The lowest BCUT2D eigenvalue weighted by atomic mass is 9.72. The second-order valence-electron chi connectivity index (χ2n) is 8.58. The van der Waals surface area contributed by atoms with E-state index in [4.69, 9.17) is 10.5 Å². The number of ether oxygens (including phenoxy) is 1. The third-order valence-electron chi connectivity index (χ3n) is 6.66. The highest BCUT2D eigenvalue weighted by atomic mass is 79.9. The number of nitriles is 1. The van der Waals surface area contributed by atoms with Crippen LogP contribution in [0.2, 0.25) is 0 Å². The van der Waals surface area contributed by atoms with Gasteiger partial charge in [0.15, 0.2) is 5.78 Å². The summed E-state index contributed by atoms with van der Waals surface area (Å²) < 4.78 is 6.45. The number of ketones is 1. The van der Waals surface area contributed by atoms with Crippen molar-refractivity contribution < 1.29 is 9.53 Å². The number of carbonyl (C=O) groups is 1. The highest BCUT2D eigenvalue weighted by Gasteiger charge is 2.44. The molecule has 2 aromatic rings. The van der Waals surface area contributed by atoms with Crippen LogP contribution in [-0.4, -0.2) is 42.1 Å². The van der Waals surface area contributed by atoms with Crippen LogP contribution in [0, 0.1) is 11.3 Å². The van der Waals surface area contributed by atoms with Crippen LogP contribution in [0.25, 0.3) is 0 Å². The topological polar surface area (TPSA) is 82.6 Å². The lowest BCUT2D eigenvalue weighted by Crippen LogP contribution is -2.52. The van der Waals surface area contributed by atoms with Gasteiger partial charge in [-0.25, -0.2) is 5.01 Å². The predicted molar refractivity (Wildman–Crippen MR) is 128 cm³/mol. The minimum Gasteiger partial charge on any atom is -0.383 e. The number of carbonyl (C=O) groups excluding carboxylic acids is 1. The molecule has 168 valence electrons. The van der Waals surface area contributed by atoms with Crippen LogP contribution in [0.5, 0.6) is 0 Å². The number of allylic oxidation sites excluding steroid dienone is 3. The molecule has 0 aromatic heterocycles. The average Bonchev–Trinajstić information content (AvgIpc) is 2.84. The Hall–Kier alpha value is -2.92. The molecule has 1 saturated heterocycles. The van der Waals surface area contributed by atoms with Gasteiger partial charge in [0.25, 0.3) is 0 Å². The van der Waals surface area contributed by atoms with Crippen molar-refractivity contribution in [1.29, 1.82) is 5.26 Å². The maximum Gasteiger partial charge on any atom is 0.162 e. The molecule has 3 aliphatic rings. The van der Waals surface area contributed by atoms with Crippen molar-refractivity contribution in [2.24, 2.45) is 5.73 Å². The number of hydrazine groups is 1. The van der Waals surface area contributed by atoms with Crippen molar-refractivity contribution in [2.45, 2.75) is 24.7 Å². The van der Waals surface area contributed by atoms with Gasteiger partial charge < -0.3 is 10.5 Å². The maximum absolute atomic E-state index is 13.8. The lowest BCUT2D eigenvalue weighted by Gasteiger charge is -2.47. The Morgan fingerprint density at radius 1 is 1.03 bits per heavy atom. The Bertz CT molecular complexity index is 1180. The highest BCUT2D eigenvalue weighted by molar-refractivity contribution is 9.10. The predicted octanol–water partition coefficient (Wildman–Crippen LogP) is 4.19. The van der Waals surface area contributed by atoms with E-state index in [1.807, 2.05) is 47.5 Å². The van der Waals surface area contributed by atoms with Crippen molar-refractivity contribution in [2.75, 3.05) is 26.3 Å². The van der Waals surface area contributed by atoms with Crippen LogP contribution in [-0.2, 0) is 9.53 Å². The smallest absolute Gasteiger partial charge is 0.162 e. The van der Waals surface area contributed by atoms with Gasteiger partial charge in [0.05, 0.1) is 30.8 Å². The molecule has 33 heavy (non-hydrogen) atoms. The van der Waals surface area contributed by atoms with Gasteiger partial charge in [-0.2, -0.15) is 5.26 Å². The van der Waals surface area contributed by atoms with Crippen molar-refractivity contribution >= 4 is 21.7 Å². The first-order valence-electron chi connectivity index (χ1n) is 11.2. The van der Waals surface area contributed by atoms with Gasteiger partial charge in [-0.15, -0.1) is 0 Å². The molecule has 2 aliphatic heterocycles. The first kappa shape index (κ1) is 21.9. The summed E-state index contributed by atoms with van der Waals surface area (Å²) in [6, 6.07) is 20.3. The Kier molecular flexibility index (Phi) is 6.07. The molecule has 0 spiro atoms. The van der Waals surface area contributed by atoms with Crippen LogP contribution >= 0.6 is 15.9 Å². The number of rotatable bonds is 3. The zero-order valence-corrected chi connectivity index (χ0v) is 19.8. The molecule has 0 bridgehead atoms. The van der Waals surface area contributed by atoms with E-state index in [9.17, 15) is 10.1 Å². The standard InChI is InChI=1S/C26H25BrN4O2/c27-20-8-4-7-18(13-20)24-21(16-28)26(29)31(30-9-11-33-12-10-30)22-14-19(15-23(32)25(22)24)17-5-2-1-3-6-17/h1-8,13,19,24H,9-12,14-15,29H2/t19-,24-/m1/s1. The summed E-state index contributed by atoms with van der Waals surface area (Å²) in [6.45, 7) is 2.47. The number of benzene rings is 2. The summed E-state index contributed by atoms with van der Waals surface area (Å²) in [6.07, 6.45) is 1.11. The average molecular weight is 505 g/mol. The summed E-state index contributed by atoms with van der Waals surface area (Å²) in [4.78, 5) is 13.8. The van der Waals surface area contributed by atoms with E-state index in [0.717, 1.165) is 21.3 Å². The van der Waals surface area contributed by atoms with E-state index < -0.39 is 5.92 Å². The Balaban J connectivity index is 1.67. The van der Waals surface area contributed by atoms with Gasteiger partial charge in [-0.05, 0) is 35.6 Å². The van der Waals surface area contributed by atoms with Crippen molar-refractivity contribution in [3.8, 4) is 6.07 Å². The minimum absolute atomic E-state index is 0.0700. The number of hydrogen-bond acceptors (Lipinski definition) is 6. The molecule has 2 atom stereocenters. The SMILES string of the molecule is N#CC1=C(N)N(N2CCOCC2)C2=C(C(=O)C[C@H](c3ccccc3)C2)[C@@H]1c1cccc(Br)c1. The van der Waals surface area contributed by atoms with Crippen molar-refractivity contribution in [3.63, 3.8) is 0 Å². The van der Waals surface area contributed by atoms with Crippen LogP contribution in [0.3, 0.4) is 0 Å². The second kappa shape index (κ2) is 9.14. The minimum atomic E-state index is -0.469. The number of halogens is 1. The molecule has 0 radical (unpaired) electrons. The number of morpholine rings is 1. The Labute approximate surface area is 202 Å². The fourth-order valence-corrected chi connectivity index (χ4v) is 5.59. The molecule has 1 fully saturated rings. The van der Waals surface area contributed by atoms with Gasteiger partial charge >= 0.3 is 0 Å². The van der Waals surface area contributed by atoms with E-state index in [1.54, 1.807) is 0 Å².